The Morgan fingerprint density at radius 2 is 1.78 bits per heavy atom. The first kappa shape index (κ1) is 15.6. The molecule has 0 bridgehead atoms. The molecule has 23 heavy (non-hydrogen) atoms. The van der Waals surface area contributed by atoms with Crippen LogP contribution in [0.2, 0.25) is 5.02 Å². The van der Waals surface area contributed by atoms with Crippen molar-refractivity contribution in [3.63, 3.8) is 0 Å². The highest BCUT2D eigenvalue weighted by Gasteiger charge is 2.22. The number of amides is 1. The van der Waals surface area contributed by atoms with Gasteiger partial charge in [0.15, 0.2) is 0 Å². The maximum Gasteiger partial charge on any atom is 0.270 e. The Labute approximate surface area is 140 Å². The summed E-state index contributed by atoms with van der Waals surface area (Å²) in [6.07, 6.45) is 0. The van der Waals surface area contributed by atoms with Gasteiger partial charge in [-0.15, -0.1) is 0 Å². The van der Waals surface area contributed by atoms with E-state index in [4.69, 9.17) is 11.6 Å². The Kier molecular flexibility index (Phi) is 4.39. The number of hydrogen-bond donors (Lipinski definition) is 1. The highest BCUT2D eigenvalue weighted by Crippen LogP contribution is 2.34. The maximum absolute atomic E-state index is 12.9. The fourth-order valence-electron chi connectivity index (χ4n) is 2.90. The molecule has 0 saturated carbocycles. The number of carbonyl (C=O) groups excluding carboxylic acids is 1. The molecule has 0 unspecified atom stereocenters. The third kappa shape index (κ3) is 2.84. The number of nitrogens with zero attached hydrogens (tertiary/aromatic N) is 1. The molecule has 0 spiro atoms. The van der Waals surface area contributed by atoms with Crippen LogP contribution in [0.5, 0.6) is 0 Å². The molecular weight excluding hydrogens is 308 g/mol. The number of fused-ring (bicyclic) bond motifs is 1. The van der Waals surface area contributed by atoms with Crippen LogP contribution in [0.4, 0.5) is 0 Å². The first-order valence-corrected chi connectivity index (χ1v) is 8.19. The Hall–Kier alpha value is -2.26. The predicted molar refractivity (Wildman–Crippen MR) is 96.0 cm³/mol. The van der Waals surface area contributed by atoms with Crippen molar-refractivity contribution in [1.82, 2.24) is 9.88 Å². The molecule has 0 atom stereocenters. The van der Waals surface area contributed by atoms with Crippen LogP contribution in [0, 0.1) is 0 Å². The van der Waals surface area contributed by atoms with Gasteiger partial charge >= 0.3 is 0 Å². The van der Waals surface area contributed by atoms with Crippen molar-refractivity contribution < 1.29 is 4.79 Å². The number of benzene rings is 2. The summed E-state index contributed by atoms with van der Waals surface area (Å²) in [5.74, 6) is 0.0150. The molecule has 1 heterocycles. The third-order valence-electron chi connectivity index (χ3n) is 4.09. The number of aromatic amines is 1. The number of rotatable bonds is 4. The van der Waals surface area contributed by atoms with Crippen LogP contribution < -0.4 is 0 Å². The number of carbonyl (C=O) groups is 1. The molecule has 3 nitrogen and oxygen atoms in total. The average Bonchev–Trinajstić information content (AvgIpc) is 2.95. The smallest absolute Gasteiger partial charge is 0.270 e. The summed E-state index contributed by atoms with van der Waals surface area (Å²) < 4.78 is 0. The van der Waals surface area contributed by atoms with Crippen LogP contribution >= 0.6 is 11.6 Å². The van der Waals surface area contributed by atoms with Crippen molar-refractivity contribution in [2.45, 2.75) is 13.8 Å². The molecule has 0 aliphatic carbocycles. The minimum absolute atomic E-state index is 0.0150. The van der Waals surface area contributed by atoms with Crippen LogP contribution in [0.25, 0.3) is 22.0 Å². The Morgan fingerprint density at radius 3 is 2.43 bits per heavy atom. The van der Waals surface area contributed by atoms with Gasteiger partial charge in [0.1, 0.15) is 5.69 Å². The summed E-state index contributed by atoms with van der Waals surface area (Å²) in [6.45, 7) is 5.34. The Morgan fingerprint density at radius 1 is 1.09 bits per heavy atom. The summed E-state index contributed by atoms with van der Waals surface area (Å²) in [5.41, 5.74) is 3.47. The van der Waals surface area contributed by atoms with Gasteiger partial charge in [-0.05, 0) is 37.6 Å². The van der Waals surface area contributed by atoms with Gasteiger partial charge in [0, 0.05) is 34.6 Å². The molecule has 1 amide bonds. The lowest BCUT2D eigenvalue weighted by Crippen LogP contribution is -2.31. The van der Waals surface area contributed by atoms with Gasteiger partial charge in [-0.3, -0.25) is 4.79 Å². The van der Waals surface area contributed by atoms with Crippen molar-refractivity contribution in [2.75, 3.05) is 13.1 Å². The topological polar surface area (TPSA) is 36.1 Å². The van der Waals surface area contributed by atoms with E-state index in [0.29, 0.717) is 23.8 Å². The average molecular weight is 327 g/mol. The summed E-state index contributed by atoms with van der Waals surface area (Å²) in [5, 5.41) is 1.63. The van der Waals surface area contributed by atoms with E-state index in [-0.39, 0.29) is 5.91 Å². The molecule has 0 aliphatic heterocycles. The Balaban J connectivity index is 2.27. The lowest BCUT2D eigenvalue weighted by molar-refractivity contribution is 0.0769. The molecule has 0 radical (unpaired) electrons. The fraction of sp³-hybridized carbons (Fsp3) is 0.211. The van der Waals surface area contributed by atoms with E-state index in [9.17, 15) is 4.79 Å². The standard InChI is InChI=1S/C19H19ClN2O/c1-3-22(4-2)19(23)18-17(13-8-6-5-7-9-13)15-12-14(20)10-11-16(15)21-18/h5-12,21H,3-4H2,1-2H3. The lowest BCUT2D eigenvalue weighted by Gasteiger charge is -2.18. The second-order valence-corrected chi connectivity index (χ2v) is 5.84. The van der Waals surface area contributed by atoms with Gasteiger partial charge in [0.25, 0.3) is 5.91 Å². The number of nitrogens with one attached hydrogen (secondary N) is 1. The zero-order chi connectivity index (χ0) is 16.4. The molecule has 2 aromatic carbocycles. The quantitative estimate of drug-likeness (QED) is 0.722. The first-order valence-electron chi connectivity index (χ1n) is 7.81. The highest BCUT2D eigenvalue weighted by atomic mass is 35.5. The van der Waals surface area contributed by atoms with Gasteiger partial charge in [0.05, 0.1) is 0 Å². The summed E-state index contributed by atoms with van der Waals surface area (Å²) >= 11 is 6.17. The Bertz CT molecular complexity index is 835. The van der Waals surface area contributed by atoms with E-state index in [1.807, 2.05) is 67.3 Å². The molecular formula is C19H19ClN2O. The molecule has 0 aliphatic rings. The molecule has 4 heteroatoms. The summed E-state index contributed by atoms with van der Waals surface area (Å²) in [6, 6.07) is 15.6. The first-order chi connectivity index (χ1) is 11.2. The largest absolute Gasteiger partial charge is 0.350 e. The molecule has 1 N–H and O–H groups in total. The molecule has 118 valence electrons. The zero-order valence-corrected chi connectivity index (χ0v) is 14.0. The van der Waals surface area contributed by atoms with E-state index in [2.05, 4.69) is 4.98 Å². The van der Waals surface area contributed by atoms with E-state index in [1.165, 1.54) is 0 Å². The molecule has 0 saturated heterocycles. The fourth-order valence-corrected chi connectivity index (χ4v) is 3.07. The predicted octanol–water partition coefficient (Wildman–Crippen LogP) is 4.97. The maximum atomic E-state index is 12.9. The van der Waals surface area contributed by atoms with Crippen molar-refractivity contribution in [3.05, 3.63) is 59.2 Å². The van der Waals surface area contributed by atoms with E-state index >= 15 is 0 Å². The number of H-pyrrole nitrogens is 1. The second-order valence-electron chi connectivity index (χ2n) is 5.41. The van der Waals surface area contributed by atoms with E-state index in [0.717, 1.165) is 22.0 Å². The number of hydrogen-bond acceptors (Lipinski definition) is 1. The van der Waals surface area contributed by atoms with Crippen molar-refractivity contribution in [1.29, 1.82) is 0 Å². The number of halogens is 1. The van der Waals surface area contributed by atoms with Gasteiger partial charge in [-0.2, -0.15) is 0 Å². The highest BCUT2D eigenvalue weighted by molar-refractivity contribution is 6.31. The van der Waals surface area contributed by atoms with Crippen molar-refractivity contribution >= 4 is 28.4 Å². The molecule has 0 fully saturated rings. The number of aromatic nitrogens is 1. The van der Waals surface area contributed by atoms with Crippen LogP contribution in [0.3, 0.4) is 0 Å². The van der Waals surface area contributed by atoms with Crippen LogP contribution in [-0.4, -0.2) is 28.9 Å². The van der Waals surface area contributed by atoms with Crippen molar-refractivity contribution in [2.24, 2.45) is 0 Å². The van der Waals surface area contributed by atoms with Gasteiger partial charge in [0.2, 0.25) is 0 Å². The third-order valence-corrected chi connectivity index (χ3v) is 4.32. The minimum atomic E-state index is 0.0150. The SMILES string of the molecule is CCN(CC)C(=O)c1[nH]c2ccc(Cl)cc2c1-c1ccccc1. The second kappa shape index (κ2) is 6.47. The monoisotopic (exact) mass is 326 g/mol. The normalized spacial score (nSPS) is 10.9. The molecule has 3 rings (SSSR count). The van der Waals surface area contributed by atoms with Gasteiger partial charge < -0.3 is 9.88 Å². The van der Waals surface area contributed by atoms with E-state index in [1.54, 1.807) is 0 Å². The van der Waals surface area contributed by atoms with Crippen LogP contribution in [0.1, 0.15) is 24.3 Å². The van der Waals surface area contributed by atoms with Gasteiger partial charge in [-0.25, -0.2) is 0 Å². The minimum Gasteiger partial charge on any atom is -0.350 e. The van der Waals surface area contributed by atoms with Crippen molar-refractivity contribution in [3.8, 4) is 11.1 Å². The van der Waals surface area contributed by atoms with E-state index < -0.39 is 0 Å². The van der Waals surface area contributed by atoms with Crippen LogP contribution in [-0.2, 0) is 0 Å². The van der Waals surface area contributed by atoms with Crippen LogP contribution in [0.15, 0.2) is 48.5 Å². The summed E-state index contributed by atoms with van der Waals surface area (Å²) in [7, 11) is 0. The molecule has 1 aromatic heterocycles. The molecule has 3 aromatic rings. The lowest BCUT2D eigenvalue weighted by atomic mass is 10.0. The van der Waals surface area contributed by atoms with Gasteiger partial charge in [-0.1, -0.05) is 41.9 Å². The zero-order valence-electron chi connectivity index (χ0n) is 13.3. The summed E-state index contributed by atoms with van der Waals surface area (Å²) in [4.78, 5) is 18.0.